The van der Waals surface area contributed by atoms with Gasteiger partial charge in [0.2, 0.25) is 5.91 Å². The summed E-state index contributed by atoms with van der Waals surface area (Å²) >= 11 is 0. The molecule has 286 valence electrons. The summed E-state index contributed by atoms with van der Waals surface area (Å²) in [5.41, 5.74) is -2.08. The van der Waals surface area contributed by atoms with E-state index in [1.165, 1.54) is 24.3 Å². The van der Waals surface area contributed by atoms with Gasteiger partial charge < -0.3 is 40.3 Å². The third-order valence-corrected chi connectivity index (χ3v) is 9.93. The number of cyclic esters (lactones) is 1. The molecule has 0 radical (unpaired) electrons. The van der Waals surface area contributed by atoms with E-state index < -0.39 is 44.1 Å². The molecule has 0 aromatic carbocycles. The van der Waals surface area contributed by atoms with Crippen molar-refractivity contribution in [3.8, 4) is 0 Å². The first-order valence-corrected chi connectivity index (χ1v) is 20.0. The molecule has 0 aromatic rings. The minimum atomic E-state index is -5.16. The molecule has 0 saturated heterocycles. The van der Waals surface area contributed by atoms with Gasteiger partial charge in [-0.25, -0.2) is 9.36 Å². The molecule has 2 rings (SSSR count). The number of unbranched alkanes of at least 4 members (excludes halogenated alkanes) is 8. The maximum Gasteiger partial charge on any atom is 0.469 e. The molecule has 1 amide bonds. The zero-order chi connectivity index (χ0) is 36.8. The number of aliphatic hydroxyl groups excluding tert-OH is 3. The van der Waals surface area contributed by atoms with Crippen molar-refractivity contribution in [2.75, 3.05) is 13.2 Å². The SMILES string of the molecule is CC[C@H]1C=CC(=O)O[C@H]1/C=C/[C@](O)(CCNC(=O)CCCCCCCCCCCO)[C@@H](C[C@@H](O)/C=C\C=C/[C@@H]1CCC[C@H](O)C1)OP(=O)(O)O. The van der Waals surface area contributed by atoms with E-state index in [1.807, 2.05) is 13.0 Å². The van der Waals surface area contributed by atoms with Crippen LogP contribution in [0, 0.1) is 11.8 Å². The van der Waals surface area contributed by atoms with Gasteiger partial charge in [-0.2, -0.15) is 0 Å². The summed E-state index contributed by atoms with van der Waals surface area (Å²) in [5.74, 6) is -0.750. The number of rotatable bonds is 25. The summed E-state index contributed by atoms with van der Waals surface area (Å²) in [4.78, 5) is 44.2. The Morgan fingerprint density at radius 1 is 1.08 bits per heavy atom. The lowest BCUT2D eigenvalue weighted by Crippen LogP contribution is -2.46. The number of carbonyl (C=O) groups excluding carboxylic acids is 2. The zero-order valence-electron chi connectivity index (χ0n) is 29.7. The number of allylic oxidation sites excluding steroid dienone is 3. The zero-order valence-corrected chi connectivity index (χ0v) is 30.6. The van der Waals surface area contributed by atoms with Gasteiger partial charge in [-0.05, 0) is 56.9 Å². The Morgan fingerprint density at radius 3 is 2.40 bits per heavy atom. The van der Waals surface area contributed by atoms with E-state index in [4.69, 9.17) is 14.4 Å². The topological polar surface area (TPSA) is 203 Å². The van der Waals surface area contributed by atoms with E-state index in [-0.39, 0.29) is 43.4 Å². The lowest BCUT2D eigenvalue weighted by atomic mass is 9.86. The van der Waals surface area contributed by atoms with Gasteiger partial charge in [-0.1, -0.05) is 94.7 Å². The quantitative estimate of drug-likeness (QED) is 0.0217. The Bertz CT molecular complexity index is 1150. The van der Waals surface area contributed by atoms with Crippen molar-refractivity contribution < 1.29 is 53.6 Å². The Hall–Kier alpha value is -2.15. The molecule has 2 aliphatic rings. The largest absolute Gasteiger partial charge is 0.469 e. The first kappa shape index (κ1) is 44.0. The number of ether oxygens (including phenoxy) is 1. The number of hydrogen-bond acceptors (Lipinski definition) is 9. The predicted octanol–water partition coefficient (Wildman–Crippen LogP) is 5.07. The number of carbonyl (C=O) groups is 2. The predicted molar refractivity (Wildman–Crippen MR) is 192 cm³/mol. The molecule has 13 heteroatoms. The molecule has 0 bridgehead atoms. The van der Waals surface area contributed by atoms with Crippen molar-refractivity contribution in [3.63, 3.8) is 0 Å². The normalized spacial score (nSPS) is 24.1. The number of esters is 1. The maximum absolute atomic E-state index is 12.6. The molecule has 0 aromatic heterocycles. The van der Waals surface area contributed by atoms with E-state index in [0.717, 1.165) is 70.6 Å². The molecule has 7 atom stereocenters. The van der Waals surface area contributed by atoms with E-state index in [9.17, 15) is 39.3 Å². The Labute approximate surface area is 298 Å². The van der Waals surface area contributed by atoms with Gasteiger partial charge >= 0.3 is 13.8 Å². The molecular formula is C37H62NO11P. The summed E-state index contributed by atoms with van der Waals surface area (Å²) in [7, 11) is -5.16. The number of amides is 1. The summed E-state index contributed by atoms with van der Waals surface area (Å²) in [6.07, 6.45) is 21.2. The fraction of sp³-hybridized carbons (Fsp3) is 0.730. The number of phosphoric ester groups is 1. The van der Waals surface area contributed by atoms with Gasteiger partial charge in [0.1, 0.15) is 17.8 Å². The van der Waals surface area contributed by atoms with E-state index in [0.29, 0.717) is 25.7 Å². The van der Waals surface area contributed by atoms with Gasteiger partial charge in [0.15, 0.2) is 0 Å². The van der Waals surface area contributed by atoms with Crippen LogP contribution in [0.1, 0.15) is 116 Å². The third-order valence-electron chi connectivity index (χ3n) is 9.40. The summed E-state index contributed by atoms with van der Waals surface area (Å²) in [5, 5.41) is 44.3. The monoisotopic (exact) mass is 727 g/mol. The van der Waals surface area contributed by atoms with Crippen molar-refractivity contribution in [2.24, 2.45) is 11.8 Å². The average Bonchev–Trinajstić information content (AvgIpc) is 3.06. The first-order valence-electron chi connectivity index (χ1n) is 18.5. The summed E-state index contributed by atoms with van der Waals surface area (Å²) in [6.45, 7) is 2.10. The lowest BCUT2D eigenvalue weighted by Gasteiger charge is -2.35. The number of hydrogen-bond donors (Lipinski definition) is 7. The van der Waals surface area contributed by atoms with Gasteiger partial charge in [0.05, 0.1) is 12.2 Å². The lowest BCUT2D eigenvalue weighted by molar-refractivity contribution is -0.143. The first-order chi connectivity index (χ1) is 23.8. The highest BCUT2D eigenvalue weighted by Crippen LogP contribution is 2.42. The molecule has 50 heavy (non-hydrogen) atoms. The van der Waals surface area contributed by atoms with Crippen molar-refractivity contribution >= 4 is 19.7 Å². The average molecular weight is 728 g/mol. The van der Waals surface area contributed by atoms with Gasteiger partial charge in [-0.15, -0.1) is 0 Å². The molecule has 1 fully saturated rings. The van der Waals surface area contributed by atoms with Crippen LogP contribution in [-0.4, -0.2) is 85.3 Å². The highest BCUT2D eigenvalue weighted by atomic mass is 31.2. The Kier molecular flexibility index (Phi) is 21.3. The molecule has 1 saturated carbocycles. The Balaban J connectivity index is 2.07. The van der Waals surface area contributed by atoms with Crippen molar-refractivity contribution in [3.05, 3.63) is 48.6 Å². The molecule has 1 heterocycles. The van der Waals surface area contributed by atoms with Crippen LogP contribution in [0.15, 0.2) is 48.6 Å². The van der Waals surface area contributed by atoms with Crippen LogP contribution in [0.5, 0.6) is 0 Å². The van der Waals surface area contributed by atoms with E-state index >= 15 is 0 Å². The highest BCUT2D eigenvalue weighted by Gasteiger charge is 2.41. The fourth-order valence-electron chi connectivity index (χ4n) is 6.45. The molecule has 0 spiro atoms. The van der Waals surface area contributed by atoms with Crippen LogP contribution < -0.4 is 5.32 Å². The van der Waals surface area contributed by atoms with E-state index in [2.05, 4.69) is 5.32 Å². The van der Waals surface area contributed by atoms with Crippen LogP contribution in [0.3, 0.4) is 0 Å². The fourth-order valence-corrected chi connectivity index (χ4v) is 7.05. The summed E-state index contributed by atoms with van der Waals surface area (Å²) < 4.78 is 22.6. The third kappa shape index (κ3) is 18.9. The maximum atomic E-state index is 12.6. The molecule has 1 aliphatic heterocycles. The molecule has 1 aliphatic carbocycles. The minimum Gasteiger partial charge on any atom is -0.454 e. The van der Waals surface area contributed by atoms with Crippen LogP contribution >= 0.6 is 7.82 Å². The number of aliphatic hydroxyl groups is 4. The van der Waals surface area contributed by atoms with Gasteiger partial charge in [-0.3, -0.25) is 9.32 Å². The molecule has 7 N–H and O–H groups in total. The smallest absolute Gasteiger partial charge is 0.454 e. The minimum absolute atomic E-state index is 0.0436. The van der Waals surface area contributed by atoms with Crippen molar-refractivity contribution in [1.29, 1.82) is 0 Å². The molecule has 0 unspecified atom stereocenters. The molecular weight excluding hydrogens is 665 g/mol. The van der Waals surface area contributed by atoms with Crippen molar-refractivity contribution in [2.45, 2.75) is 146 Å². The standard InChI is InChI=1S/C37H62NO11P/c1-2-30-20-21-36(43)48-33(30)22-23-37(44,24-25-38-35(42)19-10-8-6-4-3-5-7-9-13-26-39)34(49-50(45,46)47)28-32(41)17-12-11-15-29-16-14-18-31(40)27-29/h11-12,15,17,20-23,29-34,39-41,44H,2-10,13-14,16,18-19,24-28H2,1H3,(H,38,42)(H2,45,46,47)/b15-11-,17-12-,23-22+/t29-,30+,31+,32+,33+,34-,37+/m1/s1. The van der Waals surface area contributed by atoms with Crippen molar-refractivity contribution in [1.82, 2.24) is 5.32 Å². The highest BCUT2D eigenvalue weighted by molar-refractivity contribution is 7.46. The Morgan fingerprint density at radius 2 is 1.76 bits per heavy atom. The second kappa shape index (κ2) is 24.2. The van der Waals surface area contributed by atoms with Crippen LogP contribution in [0.4, 0.5) is 0 Å². The summed E-state index contributed by atoms with van der Waals surface area (Å²) in [6, 6.07) is 0. The van der Waals surface area contributed by atoms with Gasteiger partial charge in [0, 0.05) is 38.0 Å². The number of nitrogens with one attached hydrogen (secondary N) is 1. The van der Waals surface area contributed by atoms with Crippen LogP contribution in [0.25, 0.3) is 0 Å². The second-order valence-corrected chi connectivity index (χ2v) is 14.9. The molecule has 12 nitrogen and oxygen atoms in total. The van der Waals surface area contributed by atoms with Crippen LogP contribution in [0.2, 0.25) is 0 Å². The number of phosphoric acid groups is 1. The van der Waals surface area contributed by atoms with Crippen LogP contribution in [-0.2, 0) is 23.4 Å². The second-order valence-electron chi connectivity index (χ2n) is 13.7. The van der Waals surface area contributed by atoms with Gasteiger partial charge in [0.25, 0.3) is 0 Å². The van der Waals surface area contributed by atoms with E-state index in [1.54, 1.807) is 18.2 Å².